The third kappa shape index (κ3) is 4.29. The number of hydrogen-bond acceptors (Lipinski definition) is 5. The van der Waals surface area contributed by atoms with Crippen LogP contribution >= 0.6 is 0 Å². The number of carbonyl (C=O) groups excluding carboxylic acids is 2. The van der Waals surface area contributed by atoms with E-state index in [-0.39, 0.29) is 24.2 Å². The van der Waals surface area contributed by atoms with E-state index in [9.17, 15) is 9.59 Å². The molecule has 0 radical (unpaired) electrons. The maximum absolute atomic E-state index is 12.5. The van der Waals surface area contributed by atoms with Crippen molar-refractivity contribution in [3.05, 3.63) is 48.0 Å². The van der Waals surface area contributed by atoms with Gasteiger partial charge in [0.25, 0.3) is 0 Å². The number of anilines is 1. The largest absolute Gasteiger partial charge is 0.497 e. The molecule has 0 bridgehead atoms. The van der Waals surface area contributed by atoms with E-state index in [2.05, 4.69) is 5.32 Å². The molecule has 1 saturated heterocycles. The summed E-state index contributed by atoms with van der Waals surface area (Å²) in [5.74, 6) is 1.62. The highest BCUT2D eigenvalue weighted by atomic mass is 16.6. The lowest BCUT2D eigenvalue weighted by Gasteiger charge is -2.22. The van der Waals surface area contributed by atoms with E-state index in [4.69, 9.17) is 14.2 Å². The zero-order valence-corrected chi connectivity index (χ0v) is 16.3. The zero-order valence-electron chi connectivity index (χ0n) is 16.3. The summed E-state index contributed by atoms with van der Waals surface area (Å²) in [5.41, 5.74) is 1.85. The number of nitrogens with one attached hydrogen (secondary N) is 1. The minimum Gasteiger partial charge on any atom is -0.497 e. The Morgan fingerprint density at radius 1 is 1.14 bits per heavy atom. The number of hydrogen-bond donors (Lipinski definition) is 1. The molecular formula is C22H24N2O5. The first-order valence-electron chi connectivity index (χ1n) is 9.74. The van der Waals surface area contributed by atoms with Gasteiger partial charge in [0.05, 0.1) is 13.0 Å². The van der Waals surface area contributed by atoms with Crippen LogP contribution in [0, 0.1) is 5.92 Å². The minimum absolute atomic E-state index is 0.0583. The van der Waals surface area contributed by atoms with E-state index in [0.29, 0.717) is 37.8 Å². The van der Waals surface area contributed by atoms with E-state index >= 15 is 0 Å². The second kappa shape index (κ2) is 8.43. The van der Waals surface area contributed by atoms with E-state index in [1.54, 1.807) is 24.1 Å². The van der Waals surface area contributed by atoms with Gasteiger partial charge in [-0.3, -0.25) is 9.59 Å². The van der Waals surface area contributed by atoms with Gasteiger partial charge in [0, 0.05) is 31.3 Å². The molecule has 0 unspecified atom stereocenters. The first-order valence-corrected chi connectivity index (χ1v) is 9.74. The van der Waals surface area contributed by atoms with Gasteiger partial charge in [0.2, 0.25) is 11.8 Å². The summed E-state index contributed by atoms with van der Waals surface area (Å²) in [4.78, 5) is 26.7. The van der Waals surface area contributed by atoms with Crippen LogP contribution in [0.5, 0.6) is 17.2 Å². The van der Waals surface area contributed by atoms with Crippen molar-refractivity contribution in [2.24, 2.45) is 5.92 Å². The average Bonchev–Trinajstić information content (AvgIpc) is 3.15. The molecule has 1 atom stereocenters. The van der Waals surface area contributed by atoms with Crippen LogP contribution in [0.3, 0.4) is 0 Å². The molecule has 152 valence electrons. The molecule has 2 aliphatic heterocycles. The fourth-order valence-corrected chi connectivity index (χ4v) is 3.60. The minimum atomic E-state index is -0.355. The van der Waals surface area contributed by atoms with Gasteiger partial charge in [0.1, 0.15) is 19.0 Å². The topological polar surface area (TPSA) is 77.1 Å². The van der Waals surface area contributed by atoms with Crippen LogP contribution in [-0.2, 0) is 16.0 Å². The molecule has 2 aromatic rings. The van der Waals surface area contributed by atoms with Gasteiger partial charge in [-0.25, -0.2) is 0 Å². The normalized spacial score (nSPS) is 17.9. The van der Waals surface area contributed by atoms with E-state index in [0.717, 1.165) is 23.4 Å². The second-order valence-corrected chi connectivity index (χ2v) is 7.12. The second-order valence-electron chi connectivity index (χ2n) is 7.12. The molecule has 4 rings (SSSR count). The number of rotatable bonds is 6. The number of carbonyl (C=O) groups is 2. The Balaban J connectivity index is 1.31. The van der Waals surface area contributed by atoms with Crippen LogP contribution in [0.1, 0.15) is 12.0 Å². The number of benzene rings is 2. The molecule has 2 aromatic carbocycles. The molecule has 2 amide bonds. The molecule has 2 heterocycles. The predicted octanol–water partition coefficient (Wildman–Crippen LogP) is 2.18. The lowest BCUT2D eigenvalue weighted by atomic mass is 10.1. The Kier molecular flexibility index (Phi) is 5.55. The van der Waals surface area contributed by atoms with Crippen LogP contribution in [0.4, 0.5) is 5.69 Å². The molecule has 2 aliphatic rings. The van der Waals surface area contributed by atoms with Crippen LogP contribution in [0.25, 0.3) is 0 Å². The van der Waals surface area contributed by atoms with Crippen molar-refractivity contribution in [3.8, 4) is 17.2 Å². The summed E-state index contributed by atoms with van der Waals surface area (Å²) >= 11 is 0. The monoisotopic (exact) mass is 396 g/mol. The van der Waals surface area contributed by atoms with Gasteiger partial charge in [-0.1, -0.05) is 12.1 Å². The van der Waals surface area contributed by atoms with Crippen molar-refractivity contribution in [2.45, 2.75) is 12.8 Å². The SMILES string of the molecule is COc1ccc(CCNC(=O)[C@@H]2CC(=O)N(c3ccc4c(c3)OCCO4)C2)cc1. The fourth-order valence-electron chi connectivity index (χ4n) is 3.60. The quantitative estimate of drug-likeness (QED) is 0.810. The maximum atomic E-state index is 12.5. The molecule has 0 saturated carbocycles. The predicted molar refractivity (Wildman–Crippen MR) is 108 cm³/mol. The lowest BCUT2D eigenvalue weighted by Crippen LogP contribution is -2.34. The smallest absolute Gasteiger partial charge is 0.227 e. The number of nitrogens with zero attached hydrogens (tertiary/aromatic N) is 1. The fraction of sp³-hybridized carbons (Fsp3) is 0.364. The molecule has 0 spiro atoms. The Hall–Kier alpha value is -3.22. The van der Waals surface area contributed by atoms with Crippen molar-refractivity contribution in [2.75, 3.05) is 38.3 Å². The summed E-state index contributed by atoms with van der Waals surface area (Å²) in [7, 11) is 1.63. The maximum Gasteiger partial charge on any atom is 0.227 e. The molecule has 7 heteroatoms. The summed E-state index contributed by atoms with van der Waals surface area (Å²) in [6.45, 7) is 1.91. The zero-order chi connectivity index (χ0) is 20.2. The lowest BCUT2D eigenvalue weighted by molar-refractivity contribution is -0.126. The highest BCUT2D eigenvalue weighted by Gasteiger charge is 2.35. The number of methoxy groups -OCH3 is 1. The Labute approximate surface area is 169 Å². The van der Waals surface area contributed by atoms with Crippen LogP contribution < -0.4 is 24.4 Å². The van der Waals surface area contributed by atoms with Crippen LogP contribution in [-0.4, -0.2) is 45.2 Å². The van der Waals surface area contributed by atoms with Crippen molar-refractivity contribution in [3.63, 3.8) is 0 Å². The van der Waals surface area contributed by atoms with E-state index < -0.39 is 0 Å². The van der Waals surface area contributed by atoms with Crippen molar-refractivity contribution < 1.29 is 23.8 Å². The first kappa shape index (κ1) is 19.1. The third-order valence-corrected chi connectivity index (χ3v) is 5.21. The summed E-state index contributed by atoms with van der Waals surface area (Å²) in [5, 5.41) is 2.95. The molecule has 29 heavy (non-hydrogen) atoms. The van der Waals surface area contributed by atoms with Gasteiger partial charge in [0.15, 0.2) is 11.5 Å². The highest BCUT2D eigenvalue weighted by Crippen LogP contribution is 2.35. The van der Waals surface area contributed by atoms with E-state index in [1.165, 1.54) is 0 Å². The Bertz CT molecular complexity index is 897. The molecule has 0 aromatic heterocycles. The van der Waals surface area contributed by atoms with Gasteiger partial charge < -0.3 is 24.4 Å². The van der Waals surface area contributed by atoms with Crippen LogP contribution in [0.15, 0.2) is 42.5 Å². The molecule has 0 aliphatic carbocycles. The summed E-state index contributed by atoms with van der Waals surface area (Å²) in [6, 6.07) is 13.2. The summed E-state index contributed by atoms with van der Waals surface area (Å²) < 4.78 is 16.3. The van der Waals surface area contributed by atoms with Gasteiger partial charge in [-0.05, 0) is 36.2 Å². The number of ether oxygens (including phenoxy) is 3. The van der Waals surface area contributed by atoms with Gasteiger partial charge >= 0.3 is 0 Å². The van der Waals surface area contributed by atoms with Crippen molar-refractivity contribution >= 4 is 17.5 Å². The van der Waals surface area contributed by atoms with Gasteiger partial charge in [-0.2, -0.15) is 0 Å². The molecular weight excluding hydrogens is 372 g/mol. The van der Waals surface area contributed by atoms with Crippen LogP contribution in [0.2, 0.25) is 0 Å². The molecule has 1 N–H and O–H groups in total. The van der Waals surface area contributed by atoms with E-state index in [1.807, 2.05) is 30.3 Å². The molecule has 7 nitrogen and oxygen atoms in total. The number of fused-ring (bicyclic) bond motifs is 1. The highest BCUT2D eigenvalue weighted by molar-refractivity contribution is 6.00. The van der Waals surface area contributed by atoms with Crippen molar-refractivity contribution in [1.82, 2.24) is 5.32 Å². The Morgan fingerprint density at radius 3 is 2.66 bits per heavy atom. The number of amides is 2. The average molecular weight is 396 g/mol. The Morgan fingerprint density at radius 2 is 1.90 bits per heavy atom. The van der Waals surface area contributed by atoms with Crippen molar-refractivity contribution in [1.29, 1.82) is 0 Å². The standard InChI is InChI=1S/C22H24N2O5/c1-27-18-5-2-15(3-6-18)8-9-23-22(26)16-12-21(25)24(14-16)17-4-7-19-20(13-17)29-11-10-28-19/h2-7,13,16H,8-12,14H2,1H3,(H,23,26)/t16-/m1/s1. The molecule has 1 fully saturated rings. The first-order chi connectivity index (χ1) is 14.1. The summed E-state index contributed by atoms with van der Waals surface area (Å²) in [6.07, 6.45) is 0.936. The van der Waals surface area contributed by atoms with Gasteiger partial charge in [-0.15, -0.1) is 0 Å². The third-order valence-electron chi connectivity index (χ3n) is 5.21.